The number of hydrazone groups is 1. The lowest BCUT2D eigenvalue weighted by Crippen LogP contribution is -2.44. The minimum absolute atomic E-state index is 0.0146. The molecule has 0 aliphatic carbocycles. The Morgan fingerprint density at radius 2 is 2.00 bits per heavy atom. The first-order valence-corrected chi connectivity index (χ1v) is 12.5. The summed E-state index contributed by atoms with van der Waals surface area (Å²) in [5.41, 5.74) is 1.52. The lowest BCUT2D eigenvalue weighted by molar-refractivity contribution is -0.135. The van der Waals surface area contributed by atoms with Crippen LogP contribution in [0.2, 0.25) is 0 Å². The van der Waals surface area contributed by atoms with Crippen molar-refractivity contribution < 1.29 is 23.2 Å². The Labute approximate surface area is 210 Å². The summed E-state index contributed by atoms with van der Waals surface area (Å²) < 4.78 is 16.7. The van der Waals surface area contributed by atoms with Gasteiger partial charge in [-0.1, -0.05) is 18.2 Å². The van der Waals surface area contributed by atoms with Gasteiger partial charge in [0.15, 0.2) is 5.76 Å². The molecule has 2 amide bonds. The summed E-state index contributed by atoms with van der Waals surface area (Å²) in [6.45, 7) is 2.90. The molecule has 1 unspecified atom stereocenters. The van der Waals surface area contributed by atoms with E-state index in [2.05, 4.69) is 10.2 Å². The summed E-state index contributed by atoms with van der Waals surface area (Å²) in [7, 11) is 1.66. The SMILES string of the molecule is COCCCNC(=O)C1CCN(CC(=O)N2N=C(c3cc4ccccc4o3)CC2c2ccco2)CC1. The van der Waals surface area contributed by atoms with E-state index in [9.17, 15) is 9.59 Å². The zero-order valence-corrected chi connectivity index (χ0v) is 20.5. The van der Waals surface area contributed by atoms with E-state index < -0.39 is 0 Å². The van der Waals surface area contributed by atoms with Gasteiger partial charge < -0.3 is 18.9 Å². The Kier molecular flexibility index (Phi) is 7.48. The number of nitrogens with zero attached hydrogens (tertiary/aromatic N) is 3. The summed E-state index contributed by atoms with van der Waals surface area (Å²) in [6.07, 6.45) is 4.41. The summed E-state index contributed by atoms with van der Waals surface area (Å²) in [5.74, 6) is 1.35. The number of likely N-dealkylation sites (tertiary alicyclic amines) is 1. The van der Waals surface area contributed by atoms with Gasteiger partial charge in [0.25, 0.3) is 5.91 Å². The van der Waals surface area contributed by atoms with Gasteiger partial charge in [0.05, 0.1) is 12.8 Å². The largest absolute Gasteiger partial charge is 0.467 e. The van der Waals surface area contributed by atoms with E-state index in [0.717, 1.165) is 35.9 Å². The number of fused-ring (bicyclic) bond motifs is 1. The Morgan fingerprint density at radius 3 is 2.75 bits per heavy atom. The fourth-order valence-corrected chi connectivity index (χ4v) is 4.91. The van der Waals surface area contributed by atoms with Crippen LogP contribution in [0.15, 0.2) is 62.7 Å². The molecule has 36 heavy (non-hydrogen) atoms. The van der Waals surface area contributed by atoms with Crippen molar-refractivity contribution in [1.29, 1.82) is 0 Å². The molecule has 1 atom stereocenters. The van der Waals surface area contributed by atoms with Gasteiger partial charge in [0.1, 0.15) is 23.1 Å². The molecule has 0 bridgehead atoms. The average molecular weight is 493 g/mol. The van der Waals surface area contributed by atoms with Crippen LogP contribution in [-0.4, -0.2) is 67.3 Å². The molecular weight excluding hydrogens is 460 g/mol. The van der Waals surface area contributed by atoms with Crippen molar-refractivity contribution in [3.8, 4) is 0 Å². The van der Waals surface area contributed by atoms with Gasteiger partial charge in [-0.15, -0.1) is 0 Å². The Balaban J connectivity index is 1.22. The number of carbonyl (C=O) groups is 2. The summed E-state index contributed by atoms with van der Waals surface area (Å²) in [6, 6.07) is 13.2. The molecule has 1 saturated heterocycles. The lowest BCUT2D eigenvalue weighted by Gasteiger charge is -2.32. The third kappa shape index (κ3) is 5.37. The lowest BCUT2D eigenvalue weighted by atomic mass is 9.96. The topological polar surface area (TPSA) is 101 Å². The molecular formula is C27H32N4O5. The molecule has 1 N–H and O–H groups in total. The van der Waals surface area contributed by atoms with Crippen molar-refractivity contribution in [1.82, 2.24) is 15.2 Å². The molecule has 3 aromatic rings. The van der Waals surface area contributed by atoms with Crippen LogP contribution in [0.5, 0.6) is 0 Å². The number of nitrogens with one attached hydrogen (secondary N) is 1. The molecule has 2 aromatic heterocycles. The van der Waals surface area contributed by atoms with Crippen LogP contribution in [0.4, 0.5) is 0 Å². The molecule has 9 nitrogen and oxygen atoms in total. The number of ether oxygens (including phenoxy) is 1. The smallest absolute Gasteiger partial charge is 0.257 e. The first kappa shape index (κ1) is 24.3. The second-order valence-electron chi connectivity index (χ2n) is 9.36. The van der Waals surface area contributed by atoms with Crippen molar-refractivity contribution in [3.63, 3.8) is 0 Å². The minimum Gasteiger partial charge on any atom is -0.467 e. The molecule has 0 spiro atoms. The van der Waals surface area contributed by atoms with E-state index in [4.69, 9.17) is 18.7 Å². The maximum absolute atomic E-state index is 13.4. The van der Waals surface area contributed by atoms with E-state index in [1.165, 1.54) is 5.01 Å². The number of piperidine rings is 1. The van der Waals surface area contributed by atoms with Crippen LogP contribution < -0.4 is 5.32 Å². The summed E-state index contributed by atoms with van der Waals surface area (Å²) in [4.78, 5) is 27.9. The van der Waals surface area contributed by atoms with E-state index in [1.54, 1.807) is 13.4 Å². The van der Waals surface area contributed by atoms with E-state index in [0.29, 0.717) is 44.2 Å². The standard InChI is InChI=1S/C27H32N4O5/c1-34-14-5-11-28-27(33)19-9-12-30(13-10-19)18-26(32)31-22(24-8-4-15-35-24)17-21(29-31)25-16-20-6-2-3-7-23(20)36-25/h2-4,6-8,15-16,19,22H,5,9-14,17-18H2,1H3,(H,28,33). The number of rotatable bonds is 9. The number of para-hydroxylation sites is 1. The zero-order chi connectivity index (χ0) is 24.9. The molecule has 0 saturated carbocycles. The second-order valence-corrected chi connectivity index (χ2v) is 9.36. The van der Waals surface area contributed by atoms with E-state index >= 15 is 0 Å². The molecule has 2 aliphatic rings. The summed E-state index contributed by atoms with van der Waals surface area (Å²) in [5, 5.41) is 10.2. The van der Waals surface area contributed by atoms with Crippen LogP contribution in [0, 0.1) is 5.92 Å². The number of methoxy groups -OCH3 is 1. The first-order chi connectivity index (χ1) is 17.6. The Hall–Kier alpha value is -3.43. The monoisotopic (exact) mass is 492 g/mol. The highest BCUT2D eigenvalue weighted by Crippen LogP contribution is 2.34. The highest BCUT2D eigenvalue weighted by molar-refractivity contribution is 6.03. The molecule has 0 radical (unpaired) electrons. The first-order valence-electron chi connectivity index (χ1n) is 12.5. The van der Waals surface area contributed by atoms with Crippen LogP contribution in [0.1, 0.15) is 43.2 Å². The van der Waals surface area contributed by atoms with Crippen LogP contribution in [0.3, 0.4) is 0 Å². The third-order valence-corrected chi connectivity index (χ3v) is 6.89. The van der Waals surface area contributed by atoms with E-state index in [1.807, 2.05) is 42.5 Å². The Bertz CT molecular complexity index is 1180. The number of hydrogen-bond acceptors (Lipinski definition) is 7. The van der Waals surface area contributed by atoms with Gasteiger partial charge in [-0.3, -0.25) is 14.5 Å². The number of furan rings is 2. The van der Waals surface area contributed by atoms with Crippen LogP contribution in [0.25, 0.3) is 11.0 Å². The molecule has 1 fully saturated rings. The number of hydrogen-bond donors (Lipinski definition) is 1. The quantitative estimate of drug-likeness (QED) is 0.459. The third-order valence-electron chi connectivity index (χ3n) is 6.89. The van der Waals surface area contributed by atoms with Crippen molar-refractivity contribution in [2.24, 2.45) is 11.0 Å². The fraction of sp³-hybridized carbons (Fsp3) is 0.444. The van der Waals surface area contributed by atoms with Crippen LogP contribution in [-0.2, 0) is 14.3 Å². The van der Waals surface area contributed by atoms with Gasteiger partial charge in [0.2, 0.25) is 5.91 Å². The molecule has 2 aliphatic heterocycles. The highest BCUT2D eigenvalue weighted by Gasteiger charge is 2.37. The van der Waals surface area contributed by atoms with Crippen molar-refractivity contribution in [2.75, 3.05) is 39.9 Å². The molecule has 9 heteroatoms. The predicted octanol–water partition coefficient (Wildman–Crippen LogP) is 3.57. The van der Waals surface area contributed by atoms with E-state index in [-0.39, 0.29) is 30.3 Å². The maximum Gasteiger partial charge on any atom is 0.257 e. The normalized spacial score (nSPS) is 19.1. The molecule has 5 rings (SSSR count). The highest BCUT2D eigenvalue weighted by atomic mass is 16.5. The fourth-order valence-electron chi connectivity index (χ4n) is 4.91. The van der Waals surface area contributed by atoms with Gasteiger partial charge in [-0.2, -0.15) is 5.10 Å². The number of amides is 2. The molecule has 1 aromatic carbocycles. The van der Waals surface area contributed by atoms with Crippen molar-refractivity contribution >= 4 is 28.5 Å². The van der Waals surface area contributed by atoms with Gasteiger partial charge in [-0.05, 0) is 56.6 Å². The predicted molar refractivity (Wildman–Crippen MR) is 134 cm³/mol. The number of benzene rings is 1. The van der Waals surface area contributed by atoms with Gasteiger partial charge in [0, 0.05) is 38.0 Å². The average Bonchev–Trinajstić information content (AvgIpc) is 3.65. The van der Waals surface area contributed by atoms with Crippen molar-refractivity contribution in [2.45, 2.75) is 31.7 Å². The Morgan fingerprint density at radius 1 is 1.17 bits per heavy atom. The van der Waals surface area contributed by atoms with Gasteiger partial charge in [-0.25, -0.2) is 5.01 Å². The second kappa shape index (κ2) is 11.1. The minimum atomic E-state index is -0.314. The molecule has 190 valence electrons. The van der Waals surface area contributed by atoms with Crippen molar-refractivity contribution in [3.05, 3.63) is 60.2 Å². The van der Waals surface area contributed by atoms with Crippen LogP contribution >= 0.6 is 0 Å². The zero-order valence-electron chi connectivity index (χ0n) is 20.5. The number of carbonyl (C=O) groups excluding carboxylic acids is 2. The van der Waals surface area contributed by atoms with Gasteiger partial charge >= 0.3 is 0 Å². The summed E-state index contributed by atoms with van der Waals surface area (Å²) >= 11 is 0. The maximum atomic E-state index is 13.4. The molecule has 4 heterocycles.